The van der Waals surface area contributed by atoms with Crippen LogP contribution in [0.25, 0.3) is 33.2 Å². The summed E-state index contributed by atoms with van der Waals surface area (Å²) in [4.78, 5) is 11.3. The van der Waals surface area contributed by atoms with Gasteiger partial charge in [-0.2, -0.15) is 0 Å². The minimum absolute atomic E-state index is 0.0881. The van der Waals surface area contributed by atoms with Crippen molar-refractivity contribution in [2.45, 2.75) is 33.3 Å². The van der Waals surface area contributed by atoms with Crippen LogP contribution in [-0.2, 0) is 11.4 Å². The first kappa shape index (κ1) is 25.8. The maximum absolute atomic E-state index is 11.3. The minimum atomic E-state index is -0.0881. The molecule has 0 aliphatic rings. The second kappa shape index (κ2) is 10.9. The molecular weight excluding hydrogens is 519 g/mol. The molecule has 1 amide bonds. The molecule has 0 unspecified atom stereocenters. The number of aromatic nitrogens is 1. The SMILES string of the molecule is CC(=O)Nc1ccc(-c2ccc3cc(OCc4c(-c5c(Cl)cccc5Cl)noc4C(C)C)ccc3c2)cc1. The predicted octanol–water partition coefficient (Wildman–Crippen LogP) is 9.13. The Morgan fingerprint density at radius 1 is 0.921 bits per heavy atom. The monoisotopic (exact) mass is 544 g/mol. The van der Waals surface area contributed by atoms with Crippen LogP contribution in [0.1, 0.15) is 38.0 Å². The molecule has 0 atom stereocenters. The first-order chi connectivity index (χ1) is 18.3. The number of amides is 1. The van der Waals surface area contributed by atoms with Crippen LogP contribution in [0, 0.1) is 0 Å². The number of halogens is 2. The predicted molar refractivity (Wildman–Crippen MR) is 154 cm³/mol. The molecule has 1 N–H and O–H groups in total. The number of fused-ring (bicyclic) bond motifs is 1. The standard InChI is InChI=1S/C31H26Cl2N2O3/c1-18(2)31-26(30(35-38-31)29-27(32)5-4-6-28(29)33)17-37-25-14-11-22-15-21(7-8-23(22)16-25)20-9-12-24(13-10-20)34-19(3)36/h4-16,18H,17H2,1-3H3,(H,34,36). The number of ether oxygens (including phenoxy) is 1. The van der Waals surface area contributed by atoms with E-state index in [2.05, 4.69) is 28.7 Å². The van der Waals surface area contributed by atoms with Crippen molar-refractivity contribution in [3.05, 3.63) is 100 Å². The third-order valence-electron chi connectivity index (χ3n) is 6.28. The molecule has 38 heavy (non-hydrogen) atoms. The van der Waals surface area contributed by atoms with Gasteiger partial charge in [0.15, 0.2) is 0 Å². The van der Waals surface area contributed by atoms with Crippen LogP contribution in [0.2, 0.25) is 10.0 Å². The number of nitrogens with one attached hydrogen (secondary N) is 1. The number of nitrogens with zero attached hydrogens (tertiary/aromatic N) is 1. The fourth-order valence-electron chi connectivity index (χ4n) is 4.43. The van der Waals surface area contributed by atoms with Gasteiger partial charge in [0, 0.05) is 24.1 Å². The maximum Gasteiger partial charge on any atom is 0.221 e. The molecule has 0 radical (unpaired) electrons. The van der Waals surface area contributed by atoms with E-state index in [4.69, 9.17) is 32.5 Å². The molecule has 1 aromatic heterocycles. The summed E-state index contributed by atoms with van der Waals surface area (Å²) in [6, 6.07) is 25.5. The van der Waals surface area contributed by atoms with Crippen molar-refractivity contribution in [3.8, 4) is 28.1 Å². The molecule has 0 saturated carbocycles. The number of benzene rings is 4. The summed E-state index contributed by atoms with van der Waals surface area (Å²) in [6.45, 7) is 5.85. The molecule has 7 heteroatoms. The van der Waals surface area contributed by atoms with E-state index in [0.717, 1.165) is 44.7 Å². The summed E-state index contributed by atoms with van der Waals surface area (Å²) in [6.07, 6.45) is 0. The number of rotatable bonds is 7. The van der Waals surface area contributed by atoms with E-state index in [1.54, 1.807) is 18.2 Å². The fourth-order valence-corrected chi connectivity index (χ4v) is 5.01. The van der Waals surface area contributed by atoms with E-state index in [0.29, 0.717) is 21.3 Å². The minimum Gasteiger partial charge on any atom is -0.489 e. The second-order valence-corrected chi connectivity index (χ2v) is 10.2. The zero-order valence-electron chi connectivity index (χ0n) is 21.2. The fraction of sp³-hybridized carbons (Fsp3) is 0.161. The average molecular weight is 545 g/mol. The van der Waals surface area contributed by atoms with Crippen molar-refractivity contribution in [1.29, 1.82) is 0 Å². The van der Waals surface area contributed by atoms with E-state index in [1.807, 2.05) is 56.3 Å². The third-order valence-corrected chi connectivity index (χ3v) is 6.91. The number of anilines is 1. The van der Waals surface area contributed by atoms with Gasteiger partial charge in [-0.25, -0.2) is 0 Å². The summed E-state index contributed by atoms with van der Waals surface area (Å²) in [5.41, 5.74) is 5.00. The van der Waals surface area contributed by atoms with Crippen molar-refractivity contribution in [3.63, 3.8) is 0 Å². The Morgan fingerprint density at radius 3 is 2.26 bits per heavy atom. The summed E-state index contributed by atoms with van der Waals surface area (Å²) < 4.78 is 11.9. The Labute approximate surface area is 231 Å². The van der Waals surface area contributed by atoms with Crippen molar-refractivity contribution >= 4 is 45.6 Å². The van der Waals surface area contributed by atoms with E-state index in [1.165, 1.54) is 6.92 Å². The second-order valence-electron chi connectivity index (χ2n) is 9.40. The normalized spacial score (nSPS) is 11.2. The topological polar surface area (TPSA) is 64.4 Å². The summed E-state index contributed by atoms with van der Waals surface area (Å²) in [7, 11) is 0. The Hall–Kier alpha value is -3.80. The molecule has 0 fully saturated rings. The van der Waals surface area contributed by atoms with Gasteiger partial charge >= 0.3 is 0 Å². The van der Waals surface area contributed by atoms with Gasteiger partial charge in [-0.15, -0.1) is 0 Å². The number of carbonyl (C=O) groups excluding carboxylic acids is 1. The van der Waals surface area contributed by atoms with Crippen LogP contribution < -0.4 is 10.1 Å². The summed E-state index contributed by atoms with van der Waals surface area (Å²) >= 11 is 12.9. The Morgan fingerprint density at radius 2 is 1.58 bits per heavy atom. The lowest BCUT2D eigenvalue weighted by atomic mass is 10.0. The Balaban J connectivity index is 1.39. The molecule has 5 rings (SSSR count). The molecule has 192 valence electrons. The Kier molecular flexibility index (Phi) is 7.41. The zero-order valence-corrected chi connectivity index (χ0v) is 22.7. The van der Waals surface area contributed by atoms with Gasteiger partial charge in [0.05, 0.1) is 15.6 Å². The molecule has 0 aliphatic heterocycles. The van der Waals surface area contributed by atoms with Crippen molar-refractivity contribution in [2.75, 3.05) is 5.32 Å². The van der Waals surface area contributed by atoms with Gasteiger partial charge < -0.3 is 14.6 Å². The first-order valence-corrected chi connectivity index (χ1v) is 13.0. The lowest BCUT2D eigenvalue weighted by Gasteiger charge is -2.12. The molecule has 5 nitrogen and oxygen atoms in total. The van der Waals surface area contributed by atoms with Gasteiger partial charge in [-0.05, 0) is 64.4 Å². The van der Waals surface area contributed by atoms with Gasteiger partial charge in [-0.1, -0.05) is 78.6 Å². The van der Waals surface area contributed by atoms with Crippen LogP contribution in [0.3, 0.4) is 0 Å². The van der Waals surface area contributed by atoms with E-state index in [9.17, 15) is 4.79 Å². The molecular formula is C31H26Cl2N2O3. The molecule has 5 aromatic rings. The molecule has 0 spiro atoms. The van der Waals surface area contributed by atoms with Crippen molar-refractivity contribution in [2.24, 2.45) is 0 Å². The van der Waals surface area contributed by atoms with Crippen LogP contribution in [0.15, 0.2) is 83.4 Å². The van der Waals surface area contributed by atoms with E-state index in [-0.39, 0.29) is 18.4 Å². The van der Waals surface area contributed by atoms with Gasteiger partial charge in [0.2, 0.25) is 5.91 Å². The lowest BCUT2D eigenvalue weighted by molar-refractivity contribution is -0.114. The highest BCUT2D eigenvalue weighted by Gasteiger charge is 2.23. The Bertz CT molecular complexity index is 1600. The molecule has 0 saturated heterocycles. The summed E-state index contributed by atoms with van der Waals surface area (Å²) in [5.74, 6) is 1.50. The smallest absolute Gasteiger partial charge is 0.221 e. The van der Waals surface area contributed by atoms with Crippen LogP contribution in [0.5, 0.6) is 5.75 Å². The van der Waals surface area contributed by atoms with Crippen molar-refractivity contribution in [1.82, 2.24) is 5.16 Å². The highest BCUT2D eigenvalue weighted by atomic mass is 35.5. The van der Waals surface area contributed by atoms with Gasteiger partial charge in [0.1, 0.15) is 23.8 Å². The van der Waals surface area contributed by atoms with Crippen LogP contribution in [0.4, 0.5) is 5.69 Å². The summed E-state index contributed by atoms with van der Waals surface area (Å²) in [5, 5.41) is 10.3. The van der Waals surface area contributed by atoms with Crippen LogP contribution in [-0.4, -0.2) is 11.1 Å². The highest BCUT2D eigenvalue weighted by molar-refractivity contribution is 6.39. The number of carbonyl (C=O) groups is 1. The first-order valence-electron chi connectivity index (χ1n) is 12.3. The molecule has 0 aliphatic carbocycles. The van der Waals surface area contributed by atoms with E-state index < -0.39 is 0 Å². The highest BCUT2D eigenvalue weighted by Crippen LogP contribution is 2.39. The molecule has 4 aromatic carbocycles. The average Bonchev–Trinajstić information content (AvgIpc) is 3.31. The van der Waals surface area contributed by atoms with Gasteiger partial charge in [-0.3, -0.25) is 4.79 Å². The van der Waals surface area contributed by atoms with Gasteiger partial charge in [0.25, 0.3) is 0 Å². The number of hydrogen-bond donors (Lipinski definition) is 1. The molecule has 1 heterocycles. The third kappa shape index (κ3) is 5.40. The lowest BCUT2D eigenvalue weighted by Crippen LogP contribution is -2.05. The zero-order chi connectivity index (χ0) is 26.8. The largest absolute Gasteiger partial charge is 0.489 e. The number of hydrogen-bond acceptors (Lipinski definition) is 4. The van der Waals surface area contributed by atoms with E-state index >= 15 is 0 Å². The molecule has 0 bridgehead atoms. The van der Waals surface area contributed by atoms with Crippen LogP contribution >= 0.6 is 23.2 Å². The maximum atomic E-state index is 11.3. The quantitative estimate of drug-likeness (QED) is 0.222. The van der Waals surface area contributed by atoms with Crippen molar-refractivity contribution < 1.29 is 14.1 Å².